The highest BCUT2D eigenvalue weighted by molar-refractivity contribution is 7.98. The van der Waals surface area contributed by atoms with E-state index >= 15 is 0 Å². The van der Waals surface area contributed by atoms with Crippen LogP contribution >= 0.6 is 11.8 Å². The fraction of sp³-hybridized carbons (Fsp3) is 0.500. The van der Waals surface area contributed by atoms with Crippen molar-refractivity contribution in [2.45, 2.75) is 17.7 Å². The number of carbonyl (C=O) groups is 1. The third kappa shape index (κ3) is 4.18. The zero-order chi connectivity index (χ0) is 15.2. The Labute approximate surface area is 127 Å². The van der Waals surface area contributed by atoms with Crippen molar-refractivity contribution in [3.63, 3.8) is 0 Å². The Morgan fingerprint density at radius 1 is 1.57 bits per heavy atom. The molecule has 114 valence electrons. The Morgan fingerprint density at radius 3 is 3.00 bits per heavy atom. The molecule has 1 saturated heterocycles. The Hall–Kier alpha value is -1.60. The lowest BCUT2D eigenvalue weighted by molar-refractivity contribution is -0.385. The summed E-state index contributed by atoms with van der Waals surface area (Å²) in [5, 5.41) is 17.1. The number of amides is 1. The molecule has 1 aromatic rings. The van der Waals surface area contributed by atoms with Gasteiger partial charge in [-0.25, -0.2) is 0 Å². The SMILES string of the molecule is CSc1ccc([N+](=O)[O-])c(C(=O)NCCC2CCNC2)c1. The zero-order valence-corrected chi connectivity index (χ0v) is 12.7. The second-order valence-electron chi connectivity index (χ2n) is 5.04. The van der Waals surface area contributed by atoms with Gasteiger partial charge in [-0.3, -0.25) is 14.9 Å². The van der Waals surface area contributed by atoms with E-state index in [0.717, 1.165) is 30.8 Å². The molecule has 7 heteroatoms. The summed E-state index contributed by atoms with van der Waals surface area (Å²) in [4.78, 5) is 23.5. The lowest BCUT2D eigenvalue weighted by Gasteiger charge is -2.10. The van der Waals surface area contributed by atoms with E-state index in [2.05, 4.69) is 10.6 Å². The van der Waals surface area contributed by atoms with E-state index in [0.29, 0.717) is 12.5 Å². The standard InChI is InChI=1S/C14H19N3O3S/c1-21-11-2-3-13(17(19)20)12(8-11)14(18)16-7-5-10-4-6-15-9-10/h2-3,8,10,15H,4-7,9H2,1H3,(H,16,18). The lowest BCUT2D eigenvalue weighted by Crippen LogP contribution is -2.27. The van der Waals surface area contributed by atoms with Crippen LogP contribution < -0.4 is 10.6 Å². The highest BCUT2D eigenvalue weighted by Crippen LogP contribution is 2.24. The molecule has 0 radical (unpaired) electrons. The smallest absolute Gasteiger partial charge is 0.282 e. The number of nitrogens with zero attached hydrogens (tertiary/aromatic N) is 1. The summed E-state index contributed by atoms with van der Waals surface area (Å²) in [5.74, 6) is 0.210. The van der Waals surface area contributed by atoms with Gasteiger partial charge in [0.15, 0.2) is 0 Å². The molecule has 1 amide bonds. The molecular formula is C14H19N3O3S. The van der Waals surface area contributed by atoms with Crippen LogP contribution in [-0.2, 0) is 0 Å². The molecule has 1 aliphatic heterocycles. The van der Waals surface area contributed by atoms with E-state index in [4.69, 9.17) is 0 Å². The summed E-state index contributed by atoms with van der Waals surface area (Å²) >= 11 is 1.45. The van der Waals surface area contributed by atoms with E-state index in [1.165, 1.54) is 17.8 Å². The molecule has 0 aliphatic carbocycles. The van der Waals surface area contributed by atoms with Gasteiger partial charge >= 0.3 is 0 Å². The first-order chi connectivity index (χ1) is 10.1. The van der Waals surface area contributed by atoms with Crippen LogP contribution in [0.5, 0.6) is 0 Å². The average molecular weight is 309 g/mol. The molecule has 6 nitrogen and oxygen atoms in total. The first-order valence-electron chi connectivity index (χ1n) is 6.93. The molecule has 0 aromatic heterocycles. The molecule has 2 N–H and O–H groups in total. The van der Waals surface area contributed by atoms with Crippen LogP contribution in [0.15, 0.2) is 23.1 Å². The van der Waals surface area contributed by atoms with Crippen LogP contribution in [0.4, 0.5) is 5.69 Å². The Balaban J connectivity index is 2.00. The minimum absolute atomic E-state index is 0.136. The van der Waals surface area contributed by atoms with Gasteiger partial charge in [-0.15, -0.1) is 11.8 Å². The second-order valence-corrected chi connectivity index (χ2v) is 5.92. The fourth-order valence-electron chi connectivity index (χ4n) is 2.43. The van der Waals surface area contributed by atoms with Crippen molar-refractivity contribution < 1.29 is 9.72 Å². The average Bonchev–Trinajstić information content (AvgIpc) is 2.99. The highest BCUT2D eigenvalue weighted by atomic mass is 32.2. The number of nitrogens with one attached hydrogen (secondary N) is 2. The third-order valence-corrected chi connectivity index (χ3v) is 4.37. The van der Waals surface area contributed by atoms with Crippen LogP contribution in [0.25, 0.3) is 0 Å². The first-order valence-corrected chi connectivity index (χ1v) is 8.15. The van der Waals surface area contributed by atoms with Gasteiger partial charge in [-0.2, -0.15) is 0 Å². The summed E-state index contributed by atoms with van der Waals surface area (Å²) in [5.41, 5.74) is -0.00997. The number of nitro benzene ring substituents is 1. The number of hydrogen-bond acceptors (Lipinski definition) is 5. The van der Waals surface area contributed by atoms with Crippen molar-refractivity contribution in [3.05, 3.63) is 33.9 Å². The molecule has 0 saturated carbocycles. The van der Waals surface area contributed by atoms with Gasteiger partial charge in [0, 0.05) is 17.5 Å². The maximum Gasteiger partial charge on any atom is 0.282 e. The summed E-state index contributed by atoms with van der Waals surface area (Å²) in [6.07, 6.45) is 3.89. The topological polar surface area (TPSA) is 84.3 Å². The predicted molar refractivity (Wildman–Crippen MR) is 82.8 cm³/mol. The van der Waals surface area contributed by atoms with Gasteiger partial charge in [0.25, 0.3) is 11.6 Å². The summed E-state index contributed by atoms with van der Waals surface area (Å²) in [6.45, 7) is 2.56. The molecule has 1 heterocycles. The number of rotatable bonds is 6. The van der Waals surface area contributed by atoms with Crippen molar-refractivity contribution in [1.29, 1.82) is 0 Å². The molecule has 1 aliphatic rings. The quantitative estimate of drug-likeness (QED) is 0.477. The van der Waals surface area contributed by atoms with E-state index in [1.54, 1.807) is 12.1 Å². The molecular weight excluding hydrogens is 290 g/mol. The maximum atomic E-state index is 12.2. The van der Waals surface area contributed by atoms with Gasteiger partial charge in [0.05, 0.1) is 4.92 Å². The number of nitro groups is 1. The van der Waals surface area contributed by atoms with Gasteiger partial charge in [-0.05, 0) is 50.2 Å². The normalized spacial score (nSPS) is 17.7. The molecule has 21 heavy (non-hydrogen) atoms. The van der Waals surface area contributed by atoms with E-state index in [-0.39, 0.29) is 17.2 Å². The van der Waals surface area contributed by atoms with E-state index in [1.807, 2.05) is 6.26 Å². The van der Waals surface area contributed by atoms with Crippen LogP contribution in [0, 0.1) is 16.0 Å². The summed E-state index contributed by atoms with van der Waals surface area (Å²) in [6, 6.07) is 4.63. The van der Waals surface area contributed by atoms with Crippen molar-refractivity contribution >= 4 is 23.4 Å². The number of thioether (sulfide) groups is 1. The largest absolute Gasteiger partial charge is 0.352 e. The Bertz CT molecular complexity index is 530. The van der Waals surface area contributed by atoms with E-state index in [9.17, 15) is 14.9 Å². The number of carbonyl (C=O) groups excluding carboxylic acids is 1. The van der Waals surface area contributed by atoms with Crippen molar-refractivity contribution in [3.8, 4) is 0 Å². The minimum Gasteiger partial charge on any atom is -0.352 e. The van der Waals surface area contributed by atoms with Crippen LogP contribution in [0.1, 0.15) is 23.2 Å². The van der Waals surface area contributed by atoms with Crippen molar-refractivity contribution in [2.75, 3.05) is 25.9 Å². The Morgan fingerprint density at radius 2 is 2.38 bits per heavy atom. The molecule has 1 fully saturated rings. The summed E-state index contributed by atoms with van der Waals surface area (Å²) < 4.78 is 0. The molecule has 0 spiro atoms. The lowest BCUT2D eigenvalue weighted by atomic mass is 10.1. The van der Waals surface area contributed by atoms with Gasteiger partial charge < -0.3 is 10.6 Å². The third-order valence-electron chi connectivity index (χ3n) is 3.65. The van der Waals surface area contributed by atoms with Crippen molar-refractivity contribution in [1.82, 2.24) is 10.6 Å². The summed E-state index contributed by atoms with van der Waals surface area (Å²) in [7, 11) is 0. The van der Waals surface area contributed by atoms with Crippen LogP contribution in [-0.4, -0.2) is 36.7 Å². The van der Waals surface area contributed by atoms with Crippen molar-refractivity contribution in [2.24, 2.45) is 5.92 Å². The Kier molecular flexibility index (Phi) is 5.58. The molecule has 1 aromatic carbocycles. The molecule has 2 rings (SSSR count). The molecule has 1 unspecified atom stereocenters. The fourth-order valence-corrected chi connectivity index (χ4v) is 2.87. The van der Waals surface area contributed by atoms with E-state index < -0.39 is 4.92 Å². The zero-order valence-electron chi connectivity index (χ0n) is 11.9. The predicted octanol–water partition coefficient (Wildman–Crippen LogP) is 2.05. The highest BCUT2D eigenvalue weighted by Gasteiger charge is 2.21. The molecule has 0 bridgehead atoms. The molecule has 1 atom stereocenters. The van der Waals surface area contributed by atoms with Crippen LogP contribution in [0.3, 0.4) is 0 Å². The van der Waals surface area contributed by atoms with Gasteiger partial charge in [0.1, 0.15) is 5.56 Å². The minimum atomic E-state index is -0.514. The monoisotopic (exact) mass is 309 g/mol. The van der Waals surface area contributed by atoms with Crippen LogP contribution in [0.2, 0.25) is 0 Å². The number of hydrogen-bond donors (Lipinski definition) is 2. The number of benzene rings is 1. The first kappa shape index (κ1) is 15.8. The van der Waals surface area contributed by atoms with Gasteiger partial charge in [0.2, 0.25) is 0 Å². The second kappa shape index (κ2) is 7.42. The van der Waals surface area contributed by atoms with Gasteiger partial charge in [-0.1, -0.05) is 0 Å². The maximum absolute atomic E-state index is 12.2.